The van der Waals surface area contributed by atoms with Crippen molar-refractivity contribution in [2.24, 2.45) is 5.73 Å². The van der Waals surface area contributed by atoms with Crippen LogP contribution in [0.5, 0.6) is 0 Å². The van der Waals surface area contributed by atoms with Crippen LogP contribution in [0.3, 0.4) is 0 Å². The van der Waals surface area contributed by atoms with Gasteiger partial charge in [-0.2, -0.15) is 13.2 Å². The molecule has 0 saturated carbocycles. The maximum absolute atomic E-state index is 12.8. The normalized spacial score (nSPS) is 11.0. The number of rotatable bonds is 4. The Hall–Kier alpha value is -1.83. The van der Waals surface area contributed by atoms with E-state index in [9.17, 15) is 18.0 Å². The van der Waals surface area contributed by atoms with Gasteiger partial charge in [0.15, 0.2) is 0 Å². The fourth-order valence-corrected chi connectivity index (χ4v) is 1.52. The van der Waals surface area contributed by atoms with E-state index in [1.807, 2.05) is 0 Å². The third-order valence-electron chi connectivity index (χ3n) is 2.51. The first kappa shape index (κ1) is 16.2. The Balaban J connectivity index is 2.78. The topological polar surface area (TPSA) is 58.4 Å². The SMILES string of the molecule is CN(CCC(N)=S)C(=O)Nc1ccccc1C(F)(F)F. The standard InChI is InChI=1S/C12H14F3N3OS/c1-18(7-6-10(16)20)11(19)17-9-5-3-2-4-8(9)12(13,14)15/h2-5H,6-7H2,1H3,(H2,16,20)(H,17,19). The number of benzene rings is 1. The van der Waals surface area contributed by atoms with E-state index in [4.69, 9.17) is 5.73 Å². The second-order valence-electron chi connectivity index (χ2n) is 4.11. The van der Waals surface area contributed by atoms with Gasteiger partial charge >= 0.3 is 12.2 Å². The van der Waals surface area contributed by atoms with Crippen molar-refractivity contribution in [2.45, 2.75) is 12.6 Å². The molecule has 0 bridgehead atoms. The second-order valence-corrected chi connectivity index (χ2v) is 4.64. The monoisotopic (exact) mass is 305 g/mol. The molecule has 4 nitrogen and oxygen atoms in total. The van der Waals surface area contributed by atoms with Crippen molar-refractivity contribution in [3.63, 3.8) is 0 Å². The summed E-state index contributed by atoms with van der Waals surface area (Å²) in [4.78, 5) is 13.2. The summed E-state index contributed by atoms with van der Waals surface area (Å²) in [5.74, 6) is 0. The molecule has 0 aliphatic heterocycles. The Morgan fingerprint density at radius 2 is 2.00 bits per heavy atom. The third-order valence-corrected chi connectivity index (χ3v) is 2.72. The van der Waals surface area contributed by atoms with Crippen LogP contribution in [0.25, 0.3) is 0 Å². The molecular formula is C12H14F3N3OS. The predicted molar refractivity (Wildman–Crippen MR) is 74.5 cm³/mol. The van der Waals surface area contributed by atoms with Gasteiger partial charge in [-0.25, -0.2) is 4.79 Å². The molecule has 1 aromatic rings. The van der Waals surface area contributed by atoms with Crippen molar-refractivity contribution in [3.05, 3.63) is 29.8 Å². The lowest BCUT2D eigenvalue weighted by Crippen LogP contribution is -2.34. The van der Waals surface area contributed by atoms with Gasteiger partial charge in [-0.3, -0.25) is 0 Å². The minimum absolute atomic E-state index is 0.231. The number of carbonyl (C=O) groups excluding carboxylic acids is 1. The number of thiocarbonyl (C=S) groups is 1. The molecule has 0 aliphatic rings. The molecule has 3 N–H and O–H groups in total. The quantitative estimate of drug-likeness (QED) is 0.841. The average Bonchev–Trinajstić information content (AvgIpc) is 2.35. The number of urea groups is 1. The minimum atomic E-state index is -4.53. The molecule has 0 unspecified atom stereocenters. The molecule has 0 fully saturated rings. The Kier molecular flexibility index (Phi) is 5.32. The van der Waals surface area contributed by atoms with E-state index in [0.29, 0.717) is 6.42 Å². The molecule has 0 spiro atoms. The first-order chi connectivity index (χ1) is 9.21. The smallest absolute Gasteiger partial charge is 0.393 e. The van der Waals surface area contributed by atoms with E-state index in [-0.39, 0.29) is 17.2 Å². The van der Waals surface area contributed by atoms with Crippen molar-refractivity contribution in [3.8, 4) is 0 Å². The fourth-order valence-electron chi connectivity index (χ4n) is 1.43. The molecule has 1 aromatic carbocycles. The Labute approximate surface area is 119 Å². The molecule has 2 amide bonds. The summed E-state index contributed by atoms with van der Waals surface area (Å²) >= 11 is 4.67. The Bertz CT molecular complexity index is 505. The highest BCUT2D eigenvalue weighted by Gasteiger charge is 2.33. The number of nitrogens with zero attached hydrogens (tertiary/aromatic N) is 1. The molecule has 8 heteroatoms. The van der Waals surface area contributed by atoms with Crippen molar-refractivity contribution in [2.75, 3.05) is 18.9 Å². The van der Waals surface area contributed by atoms with Crippen LogP contribution >= 0.6 is 12.2 Å². The van der Waals surface area contributed by atoms with E-state index in [2.05, 4.69) is 17.5 Å². The van der Waals surface area contributed by atoms with Crippen LogP contribution in [-0.2, 0) is 6.18 Å². The molecular weight excluding hydrogens is 291 g/mol. The van der Waals surface area contributed by atoms with Gasteiger partial charge in [0.2, 0.25) is 0 Å². The number of hydrogen-bond acceptors (Lipinski definition) is 2. The van der Waals surface area contributed by atoms with Crippen LogP contribution in [0.1, 0.15) is 12.0 Å². The number of alkyl halides is 3. The second kappa shape index (κ2) is 6.56. The van der Waals surface area contributed by atoms with Gasteiger partial charge < -0.3 is 16.0 Å². The molecule has 1 rings (SSSR count). The maximum Gasteiger partial charge on any atom is 0.418 e. The first-order valence-corrected chi connectivity index (χ1v) is 6.09. The van der Waals surface area contributed by atoms with Crippen molar-refractivity contribution >= 4 is 28.9 Å². The first-order valence-electron chi connectivity index (χ1n) is 5.68. The molecule has 0 radical (unpaired) electrons. The highest BCUT2D eigenvalue weighted by Crippen LogP contribution is 2.34. The summed E-state index contributed by atoms with van der Waals surface area (Å²) in [6, 6.07) is 4.12. The number of para-hydroxylation sites is 1. The van der Waals surface area contributed by atoms with Gasteiger partial charge in [0, 0.05) is 20.0 Å². The lowest BCUT2D eigenvalue weighted by molar-refractivity contribution is -0.136. The molecule has 0 saturated heterocycles. The lowest BCUT2D eigenvalue weighted by Gasteiger charge is -2.19. The zero-order valence-corrected chi connectivity index (χ0v) is 11.5. The highest BCUT2D eigenvalue weighted by molar-refractivity contribution is 7.80. The van der Waals surface area contributed by atoms with Gasteiger partial charge in [0.05, 0.1) is 16.2 Å². The van der Waals surface area contributed by atoms with Crippen LogP contribution in [0.4, 0.5) is 23.7 Å². The van der Waals surface area contributed by atoms with Crippen LogP contribution in [0, 0.1) is 0 Å². The number of halogens is 3. The predicted octanol–water partition coefficient (Wildman–Crippen LogP) is 2.85. The average molecular weight is 305 g/mol. The number of hydrogen-bond donors (Lipinski definition) is 2. The molecule has 20 heavy (non-hydrogen) atoms. The van der Waals surface area contributed by atoms with Gasteiger partial charge in [0.25, 0.3) is 0 Å². The fraction of sp³-hybridized carbons (Fsp3) is 0.333. The van der Waals surface area contributed by atoms with Crippen molar-refractivity contribution in [1.29, 1.82) is 0 Å². The largest absolute Gasteiger partial charge is 0.418 e. The van der Waals surface area contributed by atoms with Gasteiger partial charge in [-0.15, -0.1) is 0 Å². The van der Waals surface area contributed by atoms with E-state index < -0.39 is 17.8 Å². The van der Waals surface area contributed by atoms with Crippen molar-refractivity contribution < 1.29 is 18.0 Å². The van der Waals surface area contributed by atoms with E-state index in [1.165, 1.54) is 30.1 Å². The third kappa shape index (κ3) is 4.69. The summed E-state index contributed by atoms with van der Waals surface area (Å²) in [6.45, 7) is 0.231. The van der Waals surface area contributed by atoms with Crippen LogP contribution in [0.15, 0.2) is 24.3 Å². The van der Waals surface area contributed by atoms with E-state index >= 15 is 0 Å². The highest BCUT2D eigenvalue weighted by atomic mass is 32.1. The van der Waals surface area contributed by atoms with Crippen molar-refractivity contribution in [1.82, 2.24) is 4.90 Å². The van der Waals surface area contributed by atoms with Crippen LogP contribution in [0.2, 0.25) is 0 Å². The van der Waals surface area contributed by atoms with Crippen LogP contribution < -0.4 is 11.1 Å². The van der Waals surface area contributed by atoms with Gasteiger partial charge in [0.1, 0.15) is 0 Å². The summed E-state index contributed by atoms with van der Waals surface area (Å²) in [5, 5.41) is 2.22. The van der Waals surface area contributed by atoms with E-state index in [0.717, 1.165) is 6.07 Å². The maximum atomic E-state index is 12.8. The van der Waals surface area contributed by atoms with E-state index in [1.54, 1.807) is 0 Å². The molecule has 110 valence electrons. The molecule has 0 aliphatic carbocycles. The zero-order chi connectivity index (χ0) is 15.3. The number of carbonyl (C=O) groups is 1. The summed E-state index contributed by atoms with van der Waals surface area (Å²) in [6.07, 6.45) is -4.22. The minimum Gasteiger partial charge on any atom is -0.393 e. The van der Waals surface area contributed by atoms with Gasteiger partial charge in [-0.1, -0.05) is 24.4 Å². The summed E-state index contributed by atoms with van der Waals surface area (Å²) in [7, 11) is 1.45. The molecule has 0 atom stereocenters. The Morgan fingerprint density at radius 1 is 1.40 bits per heavy atom. The van der Waals surface area contributed by atoms with Crippen LogP contribution in [-0.4, -0.2) is 29.5 Å². The van der Waals surface area contributed by atoms with Gasteiger partial charge in [-0.05, 0) is 12.1 Å². The number of amides is 2. The lowest BCUT2D eigenvalue weighted by atomic mass is 10.1. The molecule has 0 aromatic heterocycles. The number of anilines is 1. The number of nitrogens with two attached hydrogens (primary N) is 1. The summed E-state index contributed by atoms with van der Waals surface area (Å²) < 4.78 is 38.3. The number of nitrogens with one attached hydrogen (secondary N) is 1. The zero-order valence-electron chi connectivity index (χ0n) is 10.7. The Morgan fingerprint density at radius 3 is 2.55 bits per heavy atom. The molecule has 0 heterocycles. The summed E-state index contributed by atoms with van der Waals surface area (Å²) in [5.41, 5.74) is 4.12.